The summed E-state index contributed by atoms with van der Waals surface area (Å²) in [5.41, 5.74) is 0. The van der Waals surface area contributed by atoms with Crippen LogP contribution in [0, 0.1) is 0 Å². The molecule has 0 aromatic heterocycles. The minimum atomic E-state index is 0. The van der Waals surface area contributed by atoms with Crippen molar-refractivity contribution < 1.29 is 21.5 Å². The molecule has 0 saturated heterocycles. The van der Waals surface area contributed by atoms with E-state index in [0.717, 1.165) is 6.04 Å². The fourth-order valence-corrected chi connectivity index (χ4v) is 7.69. The lowest BCUT2D eigenvalue weighted by molar-refractivity contribution is -0.952. The van der Waals surface area contributed by atoms with Gasteiger partial charge in [0.15, 0.2) is 0 Å². The average Bonchev–Trinajstić information content (AvgIpc) is 3.02. The van der Waals surface area contributed by atoms with Gasteiger partial charge in [-0.2, -0.15) is 0 Å². The lowest BCUT2D eigenvalue weighted by Gasteiger charge is -2.46. The van der Waals surface area contributed by atoms with E-state index in [0.29, 0.717) is 0 Å². The van der Waals surface area contributed by atoms with E-state index in [9.17, 15) is 0 Å². The number of hydrogen-bond acceptors (Lipinski definition) is 0. The molecule has 1 unspecified atom stereocenters. The van der Waals surface area contributed by atoms with E-state index < -0.39 is 0 Å². The molecule has 268 valence electrons. The Kier molecular flexibility index (Phi) is 40.1. The topological polar surface area (TPSA) is 0 Å². The van der Waals surface area contributed by atoms with Crippen molar-refractivity contribution in [1.29, 1.82) is 0 Å². The highest BCUT2D eigenvalue weighted by molar-refractivity contribution is 4.66. The van der Waals surface area contributed by atoms with Gasteiger partial charge in [0.1, 0.15) is 0 Å². The molecule has 0 bridgehead atoms. The molecule has 2 heteroatoms. The molecule has 0 aliphatic heterocycles. The smallest absolute Gasteiger partial charge is 0.0890 e. The van der Waals surface area contributed by atoms with E-state index in [2.05, 4.69) is 34.6 Å². The van der Waals surface area contributed by atoms with Crippen LogP contribution in [0.3, 0.4) is 0 Å². The van der Waals surface area contributed by atoms with E-state index in [1.54, 1.807) is 0 Å². The SMILES string of the molecule is CCCCCCCCCC(CCCCCCCC)[N+](CCCCCCCC)(CCCCCCCC)CCCCCCCC.[Br-]. The zero-order valence-corrected chi connectivity index (χ0v) is 33.4. The van der Waals surface area contributed by atoms with Crippen molar-refractivity contribution >= 4 is 0 Å². The van der Waals surface area contributed by atoms with Crippen molar-refractivity contribution in [2.75, 3.05) is 19.6 Å². The molecule has 0 aromatic carbocycles. The zero-order chi connectivity index (χ0) is 31.5. The minimum Gasteiger partial charge on any atom is -1.00 e. The first-order valence-corrected chi connectivity index (χ1v) is 21.1. The maximum atomic E-state index is 2.36. The van der Waals surface area contributed by atoms with Crippen LogP contribution in [0.2, 0.25) is 0 Å². The molecule has 44 heavy (non-hydrogen) atoms. The Morgan fingerprint density at radius 1 is 0.273 bits per heavy atom. The van der Waals surface area contributed by atoms with E-state index in [4.69, 9.17) is 0 Å². The summed E-state index contributed by atoms with van der Waals surface area (Å²) in [5.74, 6) is 0. The Morgan fingerprint density at radius 3 is 0.727 bits per heavy atom. The molecule has 0 aliphatic carbocycles. The number of nitrogens with zero attached hydrogens (tertiary/aromatic N) is 1. The Hall–Kier alpha value is 0.440. The van der Waals surface area contributed by atoms with Gasteiger partial charge in [-0.1, -0.05) is 182 Å². The number of unbranched alkanes of at least 4 members (excludes halogenated alkanes) is 26. The molecule has 0 radical (unpaired) electrons. The predicted octanol–water partition coefficient (Wildman–Crippen LogP) is 12.1. The molecule has 0 saturated carbocycles. The van der Waals surface area contributed by atoms with Gasteiger partial charge in [0.25, 0.3) is 0 Å². The highest BCUT2D eigenvalue weighted by Gasteiger charge is 2.35. The predicted molar refractivity (Wildman–Crippen MR) is 199 cm³/mol. The largest absolute Gasteiger partial charge is 1.00 e. The molecule has 0 N–H and O–H groups in total. The third-order valence-corrected chi connectivity index (χ3v) is 10.7. The molecule has 1 nitrogen and oxygen atoms in total. The normalized spacial score (nSPS) is 12.5. The van der Waals surface area contributed by atoms with E-state index in [1.807, 2.05) is 0 Å². The standard InChI is InChI=1S/C42H88N.BrH/c1-6-11-16-21-26-28-33-38-42(37-32-27-22-17-12-7-2)43(39-34-29-23-18-13-8-3,40-35-30-24-19-14-9-4)41-36-31-25-20-15-10-5;/h42H,6-41H2,1-5H3;1H/q+1;/p-1. The number of halogens is 1. The van der Waals surface area contributed by atoms with Gasteiger partial charge in [-0.25, -0.2) is 0 Å². The van der Waals surface area contributed by atoms with Gasteiger partial charge in [0.05, 0.1) is 25.7 Å². The quantitative estimate of drug-likeness (QED) is 0.0451. The first kappa shape index (κ1) is 46.6. The van der Waals surface area contributed by atoms with Crippen LogP contribution < -0.4 is 17.0 Å². The van der Waals surface area contributed by atoms with Gasteiger partial charge < -0.3 is 21.5 Å². The van der Waals surface area contributed by atoms with E-state index >= 15 is 0 Å². The second kappa shape index (κ2) is 37.9. The first-order chi connectivity index (χ1) is 21.2. The lowest BCUT2D eigenvalue weighted by Crippen LogP contribution is -3.00. The molecule has 0 aliphatic rings. The van der Waals surface area contributed by atoms with Crippen LogP contribution in [0.25, 0.3) is 0 Å². The molecular weight excluding hydrogens is 598 g/mol. The number of rotatable bonds is 37. The summed E-state index contributed by atoms with van der Waals surface area (Å²) in [4.78, 5) is 0. The zero-order valence-electron chi connectivity index (χ0n) is 31.9. The Bertz CT molecular complexity index is 465. The van der Waals surface area contributed by atoms with Crippen LogP contribution in [-0.2, 0) is 0 Å². The Balaban J connectivity index is 0. The van der Waals surface area contributed by atoms with Crippen LogP contribution in [-0.4, -0.2) is 30.2 Å². The third-order valence-electron chi connectivity index (χ3n) is 10.7. The summed E-state index contributed by atoms with van der Waals surface area (Å²) in [7, 11) is 0. The molecule has 0 amide bonds. The van der Waals surface area contributed by atoms with Crippen LogP contribution in [0.1, 0.15) is 247 Å². The van der Waals surface area contributed by atoms with Crippen molar-refractivity contribution in [3.8, 4) is 0 Å². The monoisotopic (exact) mass is 686 g/mol. The second-order valence-corrected chi connectivity index (χ2v) is 14.8. The minimum absolute atomic E-state index is 0. The van der Waals surface area contributed by atoms with Gasteiger partial charge in [-0.05, 0) is 64.2 Å². The lowest BCUT2D eigenvalue weighted by atomic mass is 9.94. The number of quaternary nitrogens is 1. The summed E-state index contributed by atoms with van der Waals surface area (Å²) in [6, 6.07) is 0.934. The van der Waals surface area contributed by atoms with Gasteiger partial charge in [-0.15, -0.1) is 0 Å². The van der Waals surface area contributed by atoms with E-state index in [1.165, 1.54) is 236 Å². The Labute approximate surface area is 292 Å². The van der Waals surface area contributed by atoms with Gasteiger partial charge >= 0.3 is 0 Å². The molecule has 0 heterocycles. The van der Waals surface area contributed by atoms with Crippen molar-refractivity contribution in [3.63, 3.8) is 0 Å². The fourth-order valence-electron chi connectivity index (χ4n) is 7.69. The van der Waals surface area contributed by atoms with Crippen molar-refractivity contribution in [1.82, 2.24) is 0 Å². The van der Waals surface area contributed by atoms with Crippen LogP contribution in [0.5, 0.6) is 0 Å². The van der Waals surface area contributed by atoms with Crippen LogP contribution >= 0.6 is 0 Å². The highest BCUT2D eigenvalue weighted by Crippen LogP contribution is 2.29. The summed E-state index contributed by atoms with van der Waals surface area (Å²) in [6.45, 7) is 16.3. The van der Waals surface area contributed by atoms with Crippen molar-refractivity contribution in [3.05, 3.63) is 0 Å². The maximum Gasteiger partial charge on any atom is 0.0890 e. The third kappa shape index (κ3) is 28.6. The van der Waals surface area contributed by atoms with Crippen LogP contribution in [0.4, 0.5) is 0 Å². The summed E-state index contributed by atoms with van der Waals surface area (Å²) >= 11 is 0. The molecule has 0 aromatic rings. The molecule has 0 fully saturated rings. The second-order valence-electron chi connectivity index (χ2n) is 14.8. The summed E-state index contributed by atoms with van der Waals surface area (Å²) in [5, 5.41) is 0. The average molecular weight is 687 g/mol. The summed E-state index contributed by atoms with van der Waals surface area (Å²) < 4.78 is 1.51. The van der Waals surface area contributed by atoms with E-state index in [-0.39, 0.29) is 17.0 Å². The molecule has 0 spiro atoms. The van der Waals surface area contributed by atoms with Gasteiger partial charge in [0.2, 0.25) is 0 Å². The van der Waals surface area contributed by atoms with Gasteiger partial charge in [0, 0.05) is 0 Å². The van der Waals surface area contributed by atoms with Gasteiger partial charge in [-0.3, -0.25) is 0 Å². The fraction of sp³-hybridized carbons (Fsp3) is 1.00. The first-order valence-electron chi connectivity index (χ1n) is 21.1. The van der Waals surface area contributed by atoms with Crippen LogP contribution in [0.15, 0.2) is 0 Å². The molecule has 0 rings (SSSR count). The molecule has 1 atom stereocenters. The summed E-state index contributed by atoms with van der Waals surface area (Å²) in [6.07, 6.45) is 48.1. The maximum absolute atomic E-state index is 2.36. The van der Waals surface area contributed by atoms with Crippen molar-refractivity contribution in [2.24, 2.45) is 0 Å². The number of hydrogen-bond donors (Lipinski definition) is 0. The molecular formula is C42H88BrN. The Morgan fingerprint density at radius 2 is 0.477 bits per heavy atom. The highest BCUT2D eigenvalue weighted by atomic mass is 79.9. The van der Waals surface area contributed by atoms with Crippen molar-refractivity contribution in [2.45, 2.75) is 253 Å².